The fourth-order valence-electron chi connectivity index (χ4n) is 1.26. The van der Waals surface area contributed by atoms with Gasteiger partial charge in [0.15, 0.2) is 5.82 Å². The van der Waals surface area contributed by atoms with Gasteiger partial charge in [-0.1, -0.05) is 18.7 Å². The molecule has 1 aromatic heterocycles. The summed E-state index contributed by atoms with van der Waals surface area (Å²) in [5.74, 6) is 0.527. The van der Waals surface area contributed by atoms with Crippen LogP contribution in [0.2, 0.25) is 0 Å². The number of aliphatic imine (C=N–C) groups is 1. The molecule has 0 aliphatic rings. The second kappa shape index (κ2) is 3.38. The molecule has 0 radical (unpaired) electrons. The van der Waals surface area contributed by atoms with Crippen LogP contribution < -0.4 is 0 Å². The molecular formula is C11H9N3. The summed E-state index contributed by atoms with van der Waals surface area (Å²) in [6.45, 7) is 7.10. The zero-order valence-electron chi connectivity index (χ0n) is 7.64. The highest BCUT2D eigenvalue weighted by molar-refractivity contribution is 5.78. The second-order valence-corrected chi connectivity index (χ2v) is 2.78. The Morgan fingerprint density at radius 3 is 2.36 bits per heavy atom. The smallest absolute Gasteiger partial charge is 0.178 e. The molecule has 14 heavy (non-hydrogen) atoms. The summed E-state index contributed by atoms with van der Waals surface area (Å²) in [4.78, 5) is 12.4. The first-order chi connectivity index (χ1) is 6.85. The fraction of sp³-hybridized carbons (Fsp3) is 0. The van der Waals surface area contributed by atoms with Crippen molar-refractivity contribution in [3.8, 4) is 0 Å². The number of aromatic nitrogens is 2. The van der Waals surface area contributed by atoms with Crippen molar-refractivity contribution in [3.63, 3.8) is 0 Å². The Labute approximate surface area is 81.9 Å². The molecule has 0 saturated carbocycles. The topological polar surface area (TPSA) is 38.1 Å². The van der Waals surface area contributed by atoms with Crippen molar-refractivity contribution in [1.82, 2.24) is 9.97 Å². The fourth-order valence-corrected chi connectivity index (χ4v) is 1.26. The number of fused-ring (bicyclic) bond motifs is 1. The highest BCUT2D eigenvalue weighted by Crippen LogP contribution is 2.19. The maximum absolute atomic E-state index is 4.35. The summed E-state index contributed by atoms with van der Waals surface area (Å²) in [6.07, 6.45) is 1.63. The van der Waals surface area contributed by atoms with Gasteiger partial charge in [-0.25, -0.2) is 15.0 Å². The van der Waals surface area contributed by atoms with Gasteiger partial charge in [-0.2, -0.15) is 0 Å². The normalized spacial score (nSPS) is 10.0. The quantitative estimate of drug-likeness (QED) is 0.671. The molecule has 1 aromatic carbocycles. The lowest BCUT2D eigenvalue weighted by molar-refractivity contribution is 1.24. The van der Waals surface area contributed by atoms with E-state index in [1.165, 1.54) is 0 Å². The molecule has 0 unspecified atom stereocenters. The minimum absolute atomic E-state index is 0.527. The van der Waals surface area contributed by atoms with E-state index in [2.05, 4.69) is 28.3 Å². The van der Waals surface area contributed by atoms with E-state index in [0.717, 1.165) is 11.0 Å². The number of benzene rings is 1. The monoisotopic (exact) mass is 183 g/mol. The molecule has 0 saturated heterocycles. The van der Waals surface area contributed by atoms with Gasteiger partial charge in [0, 0.05) is 0 Å². The van der Waals surface area contributed by atoms with Gasteiger partial charge in [0.25, 0.3) is 0 Å². The average Bonchev–Trinajstić information content (AvgIpc) is 2.27. The Bertz CT molecular complexity index is 456. The maximum Gasteiger partial charge on any atom is 0.178 e. The highest BCUT2D eigenvalue weighted by Gasteiger charge is 2.02. The molecule has 2 aromatic rings. The van der Waals surface area contributed by atoms with Crippen molar-refractivity contribution in [3.05, 3.63) is 36.5 Å². The Balaban J connectivity index is 2.81. The van der Waals surface area contributed by atoms with E-state index in [-0.39, 0.29) is 0 Å². The van der Waals surface area contributed by atoms with E-state index in [4.69, 9.17) is 0 Å². The summed E-state index contributed by atoms with van der Waals surface area (Å²) in [7, 11) is 0. The van der Waals surface area contributed by atoms with Crippen molar-refractivity contribution in [2.75, 3.05) is 0 Å². The van der Waals surface area contributed by atoms with Crippen LogP contribution in [0.4, 0.5) is 5.82 Å². The average molecular weight is 183 g/mol. The SMILES string of the molecule is C=Cc1nc2ccccc2nc1N=C. The van der Waals surface area contributed by atoms with E-state index in [1.807, 2.05) is 24.3 Å². The first-order valence-corrected chi connectivity index (χ1v) is 4.21. The van der Waals surface area contributed by atoms with Crippen LogP contribution in [-0.2, 0) is 0 Å². The molecule has 0 bridgehead atoms. The van der Waals surface area contributed by atoms with E-state index in [0.29, 0.717) is 11.5 Å². The minimum Gasteiger partial charge on any atom is -0.243 e. The van der Waals surface area contributed by atoms with Crippen molar-refractivity contribution in [2.24, 2.45) is 4.99 Å². The number of nitrogens with zero attached hydrogens (tertiary/aromatic N) is 3. The number of hydrogen-bond acceptors (Lipinski definition) is 3. The van der Waals surface area contributed by atoms with Gasteiger partial charge in [0.05, 0.1) is 11.0 Å². The molecule has 0 aliphatic carbocycles. The van der Waals surface area contributed by atoms with Gasteiger partial charge in [0.1, 0.15) is 5.69 Å². The van der Waals surface area contributed by atoms with Crippen LogP contribution in [-0.4, -0.2) is 16.7 Å². The van der Waals surface area contributed by atoms with Crippen LogP contribution in [0.1, 0.15) is 5.69 Å². The Kier molecular flexibility index (Phi) is 2.07. The van der Waals surface area contributed by atoms with Gasteiger partial charge >= 0.3 is 0 Å². The summed E-state index contributed by atoms with van der Waals surface area (Å²) in [5.41, 5.74) is 2.33. The van der Waals surface area contributed by atoms with Crippen LogP contribution in [0.25, 0.3) is 17.1 Å². The van der Waals surface area contributed by atoms with Crippen LogP contribution in [0.5, 0.6) is 0 Å². The molecule has 0 fully saturated rings. The number of para-hydroxylation sites is 2. The molecule has 0 spiro atoms. The van der Waals surface area contributed by atoms with Gasteiger partial charge in [0.2, 0.25) is 0 Å². The lowest BCUT2D eigenvalue weighted by Gasteiger charge is -2.01. The Hall–Kier alpha value is -2.03. The van der Waals surface area contributed by atoms with Crippen molar-refractivity contribution in [2.45, 2.75) is 0 Å². The van der Waals surface area contributed by atoms with Crippen molar-refractivity contribution >= 4 is 29.6 Å². The summed E-state index contributed by atoms with van der Waals surface area (Å²) < 4.78 is 0. The first-order valence-electron chi connectivity index (χ1n) is 4.21. The third-order valence-electron chi connectivity index (χ3n) is 1.92. The van der Waals surface area contributed by atoms with Gasteiger partial charge < -0.3 is 0 Å². The highest BCUT2D eigenvalue weighted by atomic mass is 14.9. The van der Waals surface area contributed by atoms with Gasteiger partial charge in [-0.3, -0.25) is 0 Å². The van der Waals surface area contributed by atoms with E-state index in [1.54, 1.807) is 6.08 Å². The molecule has 3 nitrogen and oxygen atoms in total. The molecule has 68 valence electrons. The maximum atomic E-state index is 4.35. The van der Waals surface area contributed by atoms with E-state index in [9.17, 15) is 0 Å². The molecule has 0 N–H and O–H groups in total. The Morgan fingerprint density at radius 2 is 1.79 bits per heavy atom. The van der Waals surface area contributed by atoms with Crippen LogP contribution in [0.15, 0.2) is 35.8 Å². The Morgan fingerprint density at radius 1 is 1.14 bits per heavy atom. The van der Waals surface area contributed by atoms with Crippen LogP contribution >= 0.6 is 0 Å². The third kappa shape index (κ3) is 1.29. The summed E-state index contributed by atoms with van der Waals surface area (Å²) in [6, 6.07) is 7.63. The first kappa shape index (κ1) is 8.56. The second-order valence-electron chi connectivity index (χ2n) is 2.78. The minimum atomic E-state index is 0.527. The molecule has 3 heteroatoms. The standard InChI is InChI=1S/C11H9N3/c1-3-8-11(12-2)14-10-7-5-4-6-9(10)13-8/h3-7H,1-2H2. The van der Waals surface area contributed by atoms with Gasteiger partial charge in [-0.05, 0) is 24.9 Å². The molecule has 2 rings (SSSR count). The lowest BCUT2D eigenvalue weighted by Crippen LogP contribution is -1.88. The van der Waals surface area contributed by atoms with Crippen molar-refractivity contribution < 1.29 is 0 Å². The largest absolute Gasteiger partial charge is 0.243 e. The van der Waals surface area contributed by atoms with E-state index >= 15 is 0 Å². The predicted octanol–water partition coefficient (Wildman–Crippen LogP) is 2.60. The summed E-state index contributed by atoms with van der Waals surface area (Å²) in [5, 5.41) is 0. The number of hydrogen-bond donors (Lipinski definition) is 0. The summed E-state index contributed by atoms with van der Waals surface area (Å²) >= 11 is 0. The van der Waals surface area contributed by atoms with E-state index < -0.39 is 0 Å². The predicted molar refractivity (Wildman–Crippen MR) is 58.8 cm³/mol. The molecule has 0 aliphatic heterocycles. The lowest BCUT2D eigenvalue weighted by atomic mass is 10.3. The number of rotatable bonds is 2. The molecule has 0 amide bonds. The molecular weight excluding hydrogens is 174 g/mol. The third-order valence-corrected chi connectivity index (χ3v) is 1.92. The zero-order chi connectivity index (χ0) is 9.97. The molecule has 1 heterocycles. The zero-order valence-corrected chi connectivity index (χ0v) is 7.64. The molecule has 0 atom stereocenters. The van der Waals surface area contributed by atoms with Gasteiger partial charge in [-0.15, -0.1) is 0 Å². The van der Waals surface area contributed by atoms with Crippen molar-refractivity contribution in [1.29, 1.82) is 0 Å². The van der Waals surface area contributed by atoms with Crippen LogP contribution in [0.3, 0.4) is 0 Å². The van der Waals surface area contributed by atoms with Crippen LogP contribution in [0, 0.1) is 0 Å².